The van der Waals surface area contributed by atoms with E-state index in [1.165, 1.54) is 10.9 Å². The highest BCUT2D eigenvalue weighted by Crippen LogP contribution is 2.14. The minimum atomic E-state index is -0.262. The Hall–Kier alpha value is -1.72. The lowest BCUT2D eigenvalue weighted by molar-refractivity contribution is 0.252. The first kappa shape index (κ1) is 10.4. The van der Waals surface area contributed by atoms with Crippen molar-refractivity contribution in [2.45, 2.75) is 13.3 Å². The van der Waals surface area contributed by atoms with Crippen LogP contribution in [0.4, 0.5) is 16.3 Å². The van der Waals surface area contributed by atoms with Gasteiger partial charge in [-0.25, -0.2) is 4.79 Å². The van der Waals surface area contributed by atoms with Gasteiger partial charge in [0.15, 0.2) is 5.82 Å². The van der Waals surface area contributed by atoms with Crippen molar-refractivity contribution in [2.75, 3.05) is 17.6 Å². The van der Waals surface area contributed by atoms with E-state index in [0.29, 0.717) is 18.1 Å². The van der Waals surface area contributed by atoms with E-state index in [4.69, 9.17) is 5.73 Å². The first-order valence-electron chi connectivity index (χ1n) is 4.47. The molecular formula is C8H15N5O. The molecule has 6 nitrogen and oxygen atoms in total. The van der Waals surface area contributed by atoms with Crippen LogP contribution in [0.1, 0.15) is 13.3 Å². The summed E-state index contributed by atoms with van der Waals surface area (Å²) in [6.45, 7) is 2.63. The van der Waals surface area contributed by atoms with E-state index in [0.717, 1.165) is 6.42 Å². The highest BCUT2D eigenvalue weighted by atomic mass is 16.2. The fourth-order valence-corrected chi connectivity index (χ4v) is 0.998. The molecule has 14 heavy (non-hydrogen) atoms. The van der Waals surface area contributed by atoms with Crippen molar-refractivity contribution in [1.29, 1.82) is 0 Å². The molecule has 4 N–H and O–H groups in total. The van der Waals surface area contributed by atoms with Crippen molar-refractivity contribution in [1.82, 2.24) is 15.1 Å². The maximum atomic E-state index is 11.3. The molecule has 0 aromatic carbocycles. The number of nitrogens with two attached hydrogens (primary N) is 1. The average Bonchev–Trinajstić information content (AvgIpc) is 2.46. The highest BCUT2D eigenvalue weighted by Gasteiger charge is 2.07. The molecule has 0 aliphatic rings. The van der Waals surface area contributed by atoms with E-state index in [-0.39, 0.29) is 6.03 Å². The van der Waals surface area contributed by atoms with Crippen LogP contribution in [0.5, 0.6) is 0 Å². The molecule has 0 saturated carbocycles. The summed E-state index contributed by atoms with van der Waals surface area (Å²) in [5.41, 5.74) is 6.05. The monoisotopic (exact) mass is 197 g/mol. The van der Waals surface area contributed by atoms with Gasteiger partial charge in [0.25, 0.3) is 0 Å². The SMILES string of the molecule is CCCNC(=O)Nc1c(N)cnn1C. The Labute approximate surface area is 82.5 Å². The van der Waals surface area contributed by atoms with E-state index in [2.05, 4.69) is 15.7 Å². The Morgan fingerprint density at radius 1 is 1.71 bits per heavy atom. The van der Waals surface area contributed by atoms with Crippen molar-refractivity contribution in [3.05, 3.63) is 6.20 Å². The summed E-state index contributed by atoms with van der Waals surface area (Å²) in [7, 11) is 1.71. The molecule has 0 atom stereocenters. The molecule has 0 spiro atoms. The zero-order valence-electron chi connectivity index (χ0n) is 8.37. The standard InChI is InChI=1S/C8H15N5O/c1-3-4-10-8(14)12-7-6(9)5-11-13(7)2/h5H,3-4,9H2,1-2H3,(H2,10,12,14). The van der Waals surface area contributed by atoms with Crippen LogP contribution < -0.4 is 16.4 Å². The van der Waals surface area contributed by atoms with E-state index < -0.39 is 0 Å². The molecule has 1 heterocycles. The second-order valence-electron chi connectivity index (χ2n) is 2.95. The van der Waals surface area contributed by atoms with Crippen molar-refractivity contribution in [3.8, 4) is 0 Å². The number of nitrogen functional groups attached to an aromatic ring is 1. The summed E-state index contributed by atoms with van der Waals surface area (Å²) in [5.74, 6) is 0.513. The number of amides is 2. The third kappa shape index (κ3) is 2.38. The summed E-state index contributed by atoms with van der Waals surface area (Å²) >= 11 is 0. The molecule has 0 aliphatic heterocycles. The van der Waals surface area contributed by atoms with Gasteiger partial charge >= 0.3 is 6.03 Å². The van der Waals surface area contributed by atoms with E-state index >= 15 is 0 Å². The second kappa shape index (κ2) is 4.50. The van der Waals surface area contributed by atoms with Crippen molar-refractivity contribution in [3.63, 3.8) is 0 Å². The number of rotatable bonds is 3. The van der Waals surface area contributed by atoms with E-state index in [1.807, 2.05) is 6.92 Å². The molecule has 2 amide bonds. The van der Waals surface area contributed by atoms with Gasteiger partial charge in [-0.1, -0.05) is 6.92 Å². The molecule has 6 heteroatoms. The summed E-state index contributed by atoms with van der Waals surface area (Å²) in [5, 5.41) is 9.20. The third-order valence-electron chi connectivity index (χ3n) is 1.73. The van der Waals surface area contributed by atoms with Crippen LogP contribution in [0.15, 0.2) is 6.20 Å². The van der Waals surface area contributed by atoms with Crippen LogP contribution in [-0.4, -0.2) is 22.4 Å². The normalized spacial score (nSPS) is 9.86. The Morgan fingerprint density at radius 2 is 2.43 bits per heavy atom. The van der Waals surface area contributed by atoms with Gasteiger partial charge in [0, 0.05) is 13.6 Å². The molecule has 1 rings (SSSR count). The Kier molecular flexibility index (Phi) is 3.33. The first-order chi connectivity index (χ1) is 6.65. The van der Waals surface area contributed by atoms with Gasteiger partial charge in [0.05, 0.1) is 11.9 Å². The lowest BCUT2D eigenvalue weighted by Crippen LogP contribution is -2.30. The minimum absolute atomic E-state index is 0.262. The van der Waals surface area contributed by atoms with Gasteiger partial charge in [-0.3, -0.25) is 10.00 Å². The molecule has 0 unspecified atom stereocenters. The molecule has 0 bridgehead atoms. The number of hydrogen-bond acceptors (Lipinski definition) is 3. The van der Waals surface area contributed by atoms with Crippen LogP contribution in [0.2, 0.25) is 0 Å². The third-order valence-corrected chi connectivity index (χ3v) is 1.73. The van der Waals surface area contributed by atoms with Crippen LogP contribution in [0, 0.1) is 0 Å². The van der Waals surface area contributed by atoms with E-state index in [9.17, 15) is 4.79 Å². The first-order valence-corrected chi connectivity index (χ1v) is 4.47. The maximum Gasteiger partial charge on any atom is 0.320 e. The molecular weight excluding hydrogens is 182 g/mol. The number of anilines is 2. The Morgan fingerprint density at radius 3 is 2.93 bits per heavy atom. The molecule has 78 valence electrons. The number of nitrogens with zero attached hydrogens (tertiary/aromatic N) is 2. The summed E-state index contributed by atoms with van der Waals surface area (Å²) < 4.78 is 1.51. The lowest BCUT2D eigenvalue weighted by atomic mass is 10.5. The van der Waals surface area contributed by atoms with E-state index in [1.54, 1.807) is 7.05 Å². The average molecular weight is 197 g/mol. The van der Waals surface area contributed by atoms with Gasteiger partial charge in [-0.05, 0) is 6.42 Å². The predicted octanol–water partition coefficient (Wildman–Crippen LogP) is 0.534. The quantitative estimate of drug-likeness (QED) is 0.661. The Bertz CT molecular complexity index is 300. The molecule has 0 saturated heterocycles. The molecule has 0 aliphatic carbocycles. The smallest absolute Gasteiger partial charge is 0.320 e. The van der Waals surface area contributed by atoms with Crippen molar-refractivity contribution >= 4 is 17.5 Å². The Balaban J connectivity index is 2.55. The summed E-state index contributed by atoms with van der Waals surface area (Å²) in [6, 6.07) is -0.262. The lowest BCUT2D eigenvalue weighted by Gasteiger charge is -2.07. The molecule has 0 fully saturated rings. The number of nitrogens with one attached hydrogen (secondary N) is 2. The van der Waals surface area contributed by atoms with Gasteiger partial charge in [0.2, 0.25) is 0 Å². The number of carbonyl (C=O) groups is 1. The number of aromatic nitrogens is 2. The summed E-state index contributed by atoms with van der Waals surface area (Å²) in [6.07, 6.45) is 2.39. The van der Waals surface area contributed by atoms with Crippen LogP contribution in [-0.2, 0) is 7.05 Å². The number of carbonyl (C=O) groups excluding carboxylic acids is 1. The van der Waals surface area contributed by atoms with Crippen LogP contribution >= 0.6 is 0 Å². The minimum Gasteiger partial charge on any atom is -0.394 e. The highest BCUT2D eigenvalue weighted by molar-refractivity contribution is 5.91. The molecule has 1 aromatic heterocycles. The second-order valence-corrected chi connectivity index (χ2v) is 2.95. The zero-order chi connectivity index (χ0) is 10.6. The zero-order valence-corrected chi connectivity index (χ0v) is 8.37. The fourth-order valence-electron chi connectivity index (χ4n) is 0.998. The number of hydrogen-bond donors (Lipinski definition) is 3. The van der Waals surface area contributed by atoms with Gasteiger partial charge < -0.3 is 11.1 Å². The number of aryl methyl sites for hydroxylation is 1. The largest absolute Gasteiger partial charge is 0.394 e. The van der Waals surface area contributed by atoms with Crippen LogP contribution in [0.3, 0.4) is 0 Å². The fraction of sp³-hybridized carbons (Fsp3) is 0.500. The topological polar surface area (TPSA) is 85.0 Å². The maximum absolute atomic E-state index is 11.3. The van der Waals surface area contributed by atoms with Gasteiger partial charge in [0.1, 0.15) is 0 Å². The van der Waals surface area contributed by atoms with Crippen molar-refractivity contribution < 1.29 is 4.79 Å². The van der Waals surface area contributed by atoms with Gasteiger partial charge in [-0.15, -0.1) is 0 Å². The summed E-state index contributed by atoms with van der Waals surface area (Å²) in [4.78, 5) is 11.3. The molecule has 0 radical (unpaired) electrons. The van der Waals surface area contributed by atoms with Crippen LogP contribution in [0.25, 0.3) is 0 Å². The van der Waals surface area contributed by atoms with Gasteiger partial charge in [-0.2, -0.15) is 5.10 Å². The van der Waals surface area contributed by atoms with Crippen molar-refractivity contribution in [2.24, 2.45) is 7.05 Å². The number of urea groups is 1. The molecule has 1 aromatic rings. The predicted molar refractivity (Wildman–Crippen MR) is 54.9 cm³/mol.